The van der Waals surface area contributed by atoms with Crippen molar-refractivity contribution < 1.29 is 18.7 Å². The molecular formula is C19H19NO4. The summed E-state index contributed by atoms with van der Waals surface area (Å²) in [5.41, 5.74) is 1.49. The smallest absolute Gasteiger partial charge is 0.310 e. The van der Waals surface area contributed by atoms with Gasteiger partial charge in [-0.1, -0.05) is 30.3 Å². The minimum atomic E-state index is -0.454. The quantitative estimate of drug-likeness (QED) is 0.732. The van der Waals surface area contributed by atoms with E-state index in [4.69, 9.17) is 9.15 Å². The van der Waals surface area contributed by atoms with Gasteiger partial charge in [-0.25, -0.2) is 0 Å². The molecule has 2 aromatic carbocycles. The van der Waals surface area contributed by atoms with Crippen LogP contribution < -0.4 is 5.32 Å². The van der Waals surface area contributed by atoms with Gasteiger partial charge in [-0.15, -0.1) is 0 Å². The van der Waals surface area contributed by atoms with Crippen LogP contribution in [0.4, 0.5) is 0 Å². The number of rotatable bonds is 5. The zero-order chi connectivity index (χ0) is 17.1. The van der Waals surface area contributed by atoms with Crippen LogP contribution >= 0.6 is 0 Å². The van der Waals surface area contributed by atoms with Gasteiger partial charge in [-0.05, 0) is 30.7 Å². The number of fused-ring (bicyclic) bond motifs is 3. The van der Waals surface area contributed by atoms with Crippen molar-refractivity contribution in [2.75, 3.05) is 6.61 Å². The highest BCUT2D eigenvalue weighted by atomic mass is 16.5. The number of hydrogen-bond donors (Lipinski definition) is 1. The van der Waals surface area contributed by atoms with E-state index in [9.17, 15) is 9.59 Å². The van der Waals surface area contributed by atoms with E-state index in [0.29, 0.717) is 0 Å². The van der Waals surface area contributed by atoms with E-state index in [2.05, 4.69) is 5.32 Å². The van der Waals surface area contributed by atoms with Crippen LogP contribution in [-0.2, 0) is 20.7 Å². The van der Waals surface area contributed by atoms with Gasteiger partial charge in [0.15, 0.2) is 6.61 Å². The second kappa shape index (κ2) is 6.74. The van der Waals surface area contributed by atoms with Gasteiger partial charge < -0.3 is 14.5 Å². The summed E-state index contributed by atoms with van der Waals surface area (Å²) in [6.07, 6.45) is 1.64. The van der Waals surface area contributed by atoms with Gasteiger partial charge >= 0.3 is 5.97 Å². The van der Waals surface area contributed by atoms with Crippen molar-refractivity contribution in [2.45, 2.75) is 26.3 Å². The summed E-state index contributed by atoms with van der Waals surface area (Å²) < 4.78 is 10.6. The standard InChI is InChI=1S/C19H19NO4/c1-12(2)20-17(21)11-24-18(22)9-14-10-23-16-8-7-13-5-3-4-6-15(13)19(14)16/h3-8,10,12H,9,11H2,1-2H3,(H,20,21). The molecule has 0 unspecified atom stereocenters. The van der Waals surface area contributed by atoms with Crippen LogP contribution in [0.2, 0.25) is 0 Å². The fourth-order valence-corrected chi connectivity index (χ4v) is 2.72. The molecule has 3 rings (SSSR count). The molecule has 1 amide bonds. The summed E-state index contributed by atoms with van der Waals surface area (Å²) in [5, 5.41) is 5.70. The third-order valence-electron chi connectivity index (χ3n) is 3.69. The lowest BCUT2D eigenvalue weighted by atomic mass is 10.0. The molecule has 0 saturated heterocycles. The zero-order valence-electron chi connectivity index (χ0n) is 13.7. The van der Waals surface area contributed by atoms with Crippen molar-refractivity contribution in [1.29, 1.82) is 0 Å². The van der Waals surface area contributed by atoms with Gasteiger partial charge in [0, 0.05) is 17.0 Å². The number of benzene rings is 2. The molecule has 0 spiro atoms. The van der Waals surface area contributed by atoms with Gasteiger partial charge in [0.05, 0.1) is 12.7 Å². The summed E-state index contributed by atoms with van der Waals surface area (Å²) in [4.78, 5) is 23.6. The molecule has 0 radical (unpaired) electrons. The van der Waals surface area contributed by atoms with E-state index >= 15 is 0 Å². The molecule has 0 aliphatic rings. The van der Waals surface area contributed by atoms with Crippen LogP contribution in [0.1, 0.15) is 19.4 Å². The predicted molar refractivity (Wildman–Crippen MR) is 91.7 cm³/mol. The number of hydrogen-bond acceptors (Lipinski definition) is 4. The van der Waals surface area contributed by atoms with Crippen molar-refractivity contribution in [3.05, 3.63) is 48.2 Å². The van der Waals surface area contributed by atoms with Crippen LogP contribution in [0.5, 0.6) is 0 Å². The highest BCUT2D eigenvalue weighted by Gasteiger charge is 2.15. The minimum Gasteiger partial charge on any atom is -0.464 e. The van der Waals surface area contributed by atoms with Crippen molar-refractivity contribution in [2.24, 2.45) is 0 Å². The Bertz CT molecular complexity index is 895. The molecule has 0 atom stereocenters. The van der Waals surface area contributed by atoms with Gasteiger partial charge in [0.2, 0.25) is 0 Å². The van der Waals surface area contributed by atoms with E-state index in [1.165, 1.54) is 0 Å². The Morgan fingerprint density at radius 2 is 1.96 bits per heavy atom. The van der Waals surface area contributed by atoms with Crippen LogP contribution in [0, 0.1) is 0 Å². The molecule has 0 aliphatic heterocycles. The maximum absolute atomic E-state index is 12.0. The van der Waals surface area contributed by atoms with E-state index in [1.54, 1.807) is 6.26 Å². The number of carbonyl (C=O) groups excluding carboxylic acids is 2. The van der Waals surface area contributed by atoms with Crippen molar-refractivity contribution in [3.63, 3.8) is 0 Å². The summed E-state index contributed by atoms with van der Waals surface area (Å²) in [5.74, 6) is -0.759. The summed E-state index contributed by atoms with van der Waals surface area (Å²) in [7, 11) is 0. The summed E-state index contributed by atoms with van der Waals surface area (Å²) in [6, 6.07) is 11.8. The Kier molecular flexibility index (Phi) is 4.51. The third-order valence-corrected chi connectivity index (χ3v) is 3.69. The predicted octanol–water partition coefficient (Wildman–Crippen LogP) is 3.20. The summed E-state index contributed by atoms with van der Waals surface area (Å²) >= 11 is 0. The maximum atomic E-state index is 12.0. The Labute approximate surface area is 139 Å². The molecular weight excluding hydrogens is 306 g/mol. The van der Waals surface area contributed by atoms with E-state index < -0.39 is 5.97 Å². The second-order valence-corrected chi connectivity index (χ2v) is 5.98. The average molecular weight is 325 g/mol. The summed E-state index contributed by atoms with van der Waals surface area (Å²) in [6.45, 7) is 3.43. The molecule has 124 valence electrons. The van der Waals surface area contributed by atoms with Crippen LogP contribution in [0.3, 0.4) is 0 Å². The minimum absolute atomic E-state index is 0.0142. The number of amides is 1. The Morgan fingerprint density at radius 3 is 2.75 bits per heavy atom. The number of ether oxygens (including phenoxy) is 1. The van der Waals surface area contributed by atoms with Crippen LogP contribution in [0.15, 0.2) is 47.1 Å². The molecule has 1 heterocycles. The maximum Gasteiger partial charge on any atom is 0.310 e. The Hall–Kier alpha value is -2.82. The molecule has 0 saturated carbocycles. The van der Waals surface area contributed by atoms with Gasteiger partial charge in [0.1, 0.15) is 5.58 Å². The number of carbonyl (C=O) groups is 2. The van der Waals surface area contributed by atoms with Crippen molar-refractivity contribution >= 4 is 33.6 Å². The average Bonchev–Trinajstić information content (AvgIpc) is 2.96. The van der Waals surface area contributed by atoms with E-state index in [-0.39, 0.29) is 25.0 Å². The van der Waals surface area contributed by atoms with Crippen molar-refractivity contribution in [3.8, 4) is 0 Å². The monoisotopic (exact) mass is 325 g/mol. The first-order valence-corrected chi connectivity index (χ1v) is 7.87. The van der Waals surface area contributed by atoms with Gasteiger partial charge in [-0.3, -0.25) is 9.59 Å². The molecule has 0 aliphatic carbocycles. The Balaban J connectivity index is 1.77. The first kappa shape index (κ1) is 16.1. The fraction of sp³-hybridized carbons (Fsp3) is 0.263. The number of esters is 1. The van der Waals surface area contributed by atoms with Crippen LogP contribution in [0.25, 0.3) is 21.7 Å². The third kappa shape index (κ3) is 3.40. The Morgan fingerprint density at radius 1 is 1.17 bits per heavy atom. The highest BCUT2D eigenvalue weighted by Crippen LogP contribution is 2.30. The molecule has 3 aromatic rings. The van der Waals surface area contributed by atoms with Gasteiger partial charge in [0.25, 0.3) is 5.91 Å². The lowest BCUT2D eigenvalue weighted by molar-refractivity contribution is -0.148. The normalized spacial score (nSPS) is 11.1. The topological polar surface area (TPSA) is 68.5 Å². The number of nitrogens with one attached hydrogen (secondary N) is 1. The first-order chi connectivity index (χ1) is 11.5. The molecule has 24 heavy (non-hydrogen) atoms. The van der Waals surface area contributed by atoms with Crippen molar-refractivity contribution in [1.82, 2.24) is 5.32 Å². The molecule has 5 nitrogen and oxygen atoms in total. The molecule has 5 heteroatoms. The number of furan rings is 1. The largest absolute Gasteiger partial charge is 0.464 e. The van der Waals surface area contributed by atoms with Gasteiger partial charge in [-0.2, -0.15) is 0 Å². The zero-order valence-corrected chi connectivity index (χ0v) is 13.7. The van der Waals surface area contributed by atoms with E-state index in [1.807, 2.05) is 50.2 Å². The SMILES string of the molecule is CC(C)NC(=O)COC(=O)Cc1coc2ccc3ccccc3c12. The van der Waals surface area contributed by atoms with Crippen LogP contribution in [-0.4, -0.2) is 24.5 Å². The molecule has 1 N–H and O–H groups in total. The molecule has 1 aromatic heterocycles. The highest BCUT2D eigenvalue weighted by molar-refractivity contribution is 6.08. The lowest BCUT2D eigenvalue weighted by Gasteiger charge is -2.08. The first-order valence-electron chi connectivity index (χ1n) is 7.87. The molecule has 0 bridgehead atoms. The van der Waals surface area contributed by atoms with E-state index in [0.717, 1.165) is 27.3 Å². The molecule has 0 fully saturated rings. The second-order valence-electron chi connectivity index (χ2n) is 5.98. The lowest BCUT2D eigenvalue weighted by Crippen LogP contribution is -2.34. The fourth-order valence-electron chi connectivity index (χ4n) is 2.72.